The summed E-state index contributed by atoms with van der Waals surface area (Å²) in [4.78, 5) is 0. The maximum Gasteiger partial charge on any atom is -0.00143 e. The molecule has 0 aliphatic rings. The molecule has 0 atom stereocenters. The highest BCUT2D eigenvalue weighted by atomic mass is 14.8. The van der Waals surface area contributed by atoms with Gasteiger partial charge in [0.1, 0.15) is 0 Å². The summed E-state index contributed by atoms with van der Waals surface area (Å²) < 4.78 is 0. The minimum absolute atomic E-state index is 1.06. The van der Waals surface area contributed by atoms with Crippen molar-refractivity contribution in [2.75, 3.05) is 13.1 Å². The van der Waals surface area contributed by atoms with Gasteiger partial charge in [0.25, 0.3) is 0 Å². The number of hydrogen-bond donors (Lipinski definition) is 1. The van der Waals surface area contributed by atoms with E-state index in [4.69, 9.17) is 0 Å². The molecule has 0 radical (unpaired) electrons. The van der Waals surface area contributed by atoms with E-state index in [-0.39, 0.29) is 0 Å². The highest BCUT2D eigenvalue weighted by Crippen LogP contribution is 2.08. The summed E-state index contributed by atoms with van der Waals surface area (Å²) in [6.45, 7) is 6.48. The summed E-state index contributed by atoms with van der Waals surface area (Å²) in [5.74, 6) is 0. The summed E-state index contributed by atoms with van der Waals surface area (Å²) in [5, 5.41) is 3.31. The van der Waals surface area contributed by atoms with E-state index in [1.165, 1.54) is 24.0 Å². The van der Waals surface area contributed by atoms with Crippen molar-refractivity contribution in [3.05, 3.63) is 41.5 Å². The van der Waals surface area contributed by atoms with Gasteiger partial charge in [0.05, 0.1) is 0 Å². The van der Waals surface area contributed by atoms with Crippen molar-refractivity contribution in [2.45, 2.75) is 33.1 Å². The third kappa shape index (κ3) is 5.13. The summed E-state index contributed by atoms with van der Waals surface area (Å²) in [5.41, 5.74) is 2.74. The third-order valence-corrected chi connectivity index (χ3v) is 2.57. The first kappa shape index (κ1) is 13.0. The Morgan fingerprint density at radius 3 is 2.50 bits per heavy atom. The Bertz CT molecular complexity index is 298. The first-order valence-electron chi connectivity index (χ1n) is 6.33. The van der Waals surface area contributed by atoms with Gasteiger partial charge in [-0.25, -0.2) is 0 Å². The molecule has 16 heavy (non-hydrogen) atoms. The smallest absolute Gasteiger partial charge is 0.00143 e. The molecule has 0 aliphatic heterocycles. The minimum Gasteiger partial charge on any atom is -0.317 e. The topological polar surface area (TPSA) is 12.0 Å². The van der Waals surface area contributed by atoms with Gasteiger partial charge in [-0.2, -0.15) is 0 Å². The molecular formula is C15H23N. The van der Waals surface area contributed by atoms with Crippen molar-refractivity contribution in [3.8, 4) is 0 Å². The minimum atomic E-state index is 1.06. The van der Waals surface area contributed by atoms with Gasteiger partial charge in [-0.3, -0.25) is 0 Å². The standard InChI is InChI=1S/C15H23N/c1-3-7-14-9-11-15(12-10-14)8-5-6-13-16-4-2/h5,8-12,16H,3-4,6-7,13H2,1-2H3. The second-order valence-electron chi connectivity index (χ2n) is 4.04. The first-order chi connectivity index (χ1) is 7.86. The molecule has 0 heterocycles. The molecule has 1 heteroatoms. The Labute approximate surface area is 99.6 Å². The summed E-state index contributed by atoms with van der Waals surface area (Å²) in [6.07, 6.45) is 7.94. The van der Waals surface area contributed by atoms with E-state index in [1.54, 1.807) is 0 Å². The molecule has 0 unspecified atom stereocenters. The fraction of sp³-hybridized carbons (Fsp3) is 0.467. The second-order valence-corrected chi connectivity index (χ2v) is 4.04. The van der Waals surface area contributed by atoms with E-state index in [0.717, 1.165) is 19.5 Å². The predicted octanol–water partition coefficient (Wildman–Crippen LogP) is 3.65. The van der Waals surface area contributed by atoms with Crippen LogP contribution in [0.2, 0.25) is 0 Å². The maximum atomic E-state index is 3.31. The molecule has 1 rings (SSSR count). The Balaban J connectivity index is 2.36. The van der Waals surface area contributed by atoms with Gasteiger partial charge >= 0.3 is 0 Å². The quantitative estimate of drug-likeness (QED) is 0.687. The lowest BCUT2D eigenvalue weighted by atomic mass is 10.1. The van der Waals surface area contributed by atoms with E-state index >= 15 is 0 Å². The largest absolute Gasteiger partial charge is 0.317 e. The van der Waals surface area contributed by atoms with Crippen LogP contribution in [-0.4, -0.2) is 13.1 Å². The molecule has 0 saturated carbocycles. The average molecular weight is 217 g/mol. The molecule has 1 N–H and O–H groups in total. The summed E-state index contributed by atoms with van der Waals surface area (Å²) in [6, 6.07) is 8.87. The molecule has 0 fully saturated rings. The Hall–Kier alpha value is -1.08. The van der Waals surface area contributed by atoms with Crippen LogP contribution in [0, 0.1) is 0 Å². The van der Waals surface area contributed by atoms with Crippen LogP contribution in [0.4, 0.5) is 0 Å². The molecular weight excluding hydrogens is 194 g/mol. The van der Waals surface area contributed by atoms with Crippen molar-refractivity contribution >= 4 is 6.08 Å². The van der Waals surface area contributed by atoms with Gasteiger partial charge in [-0.1, -0.05) is 56.7 Å². The number of rotatable bonds is 7. The van der Waals surface area contributed by atoms with Crippen molar-refractivity contribution in [3.63, 3.8) is 0 Å². The molecule has 0 aromatic heterocycles. The van der Waals surface area contributed by atoms with Crippen LogP contribution in [0.15, 0.2) is 30.3 Å². The highest BCUT2D eigenvalue weighted by Gasteiger charge is 1.90. The van der Waals surface area contributed by atoms with Crippen LogP contribution in [0.5, 0.6) is 0 Å². The lowest BCUT2D eigenvalue weighted by molar-refractivity contribution is 0.727. The third-order valence-electron chi connectivity index (χ3n) is 2.57. The van der Waals surface area contributed by atoms with E-state index in [0.29, 0.717) is 0 Å². The van der Waals surface area contributed by atoms with Crippen LogP contribution < -0.4 is 5.32 Å². The lowest BCUT2D eigenvalue weighted by Crippen LogP contribution is -2.12. The fourth-order valence-corrected chi connectivity index (χ4v) is 1.67. The molecule has 0 spiro atoms. The summed E-state index contributed by atoms with van der Waals surface area (Å²) in [7, 11) is 0. The lowest BCUT2D eigenvalue weighted by Gasteiger charge is -1.99. The van der Waals surface area contributed by atoms with Gasteiger partial charge in [0.15, 0.2) is 0 Å². The zero-order valence-corrected chi connectivity index (χ0v) is 10.5. The van der Waals surface area contributed by atoms with E-state index in [1.807, 2.05) is 0 Å². The highest BCUT2D eigenvalue weighted by molar-refractivity contribution is 5.49. The summed E-state index contributed by atoms with van der Waals surface area (Å²) >= 11 is 0. The SMILES string of the molecule is CCCc1ccc(C=CCCNCC)cc1. The van der Waals surface area contributed by atoms with E-state index in [2.05, 4.69) is 55.6 Å². The molecule has 1 aromatic carbocycles. The molecule has 1 aromatic rings. The van der Waals surface area contributed by atoms with Gasteiger partial charge in [-0.05, 0) is 37.1 Å². The number of nitrogens with one attached hydrogen (secondary N) is 1. The number of hydrogen-bond acceptors (Lipinski definition) is 1. The van der Waals surface area contributed by atoms with Gasteiger partial charge < -0.3 is 5.32 Å². The van der Waals surface area contributed by atoms with Crippen molar-refractivity contribution < 1.29 is 0 Å². The normalized spacial score (nSPS) is 11.1. The first-order valence-corrected chi connectivity index (χ1v) is 6.33. The van der Waals surface area contributed by atoms with Gasteiger partial charge in [0, 0.05) is 0 Å². The molecule has 0 bridgehead atoms. The molecule has 0 saturated heterocycles. The zero-order valence-electron chi connectivity index (χ0n) is 10.5. The monoisotopic (exact) mass is 217 g/mol. The van der Waals surface area contributed by atoms with Gasteiger partial charge in [0.2, 0.25) is 0 Å². The van der Waals surface area contributed by atoms with Crippen LogP contribution >= 0.6 is 0 Å². The van der Waals surface area contributed by atoms with Crippen LogP contribution in [0.3, 0.4) is 0 Å². The Morgan fingerprint density at radius 1 is 1.12 bits per heavy atom. The number of benzene rings is 1. The van der Waals surface area contributed by atoms with Crippen LogP contribution in [-0.2, 0) is 6.42 Å². The molecule has 0 amide bonds. The van der Waals surface area contributed by atoms with Crippen LogP contribution in [0.25, 0.3) is 6.08 Å². The molecule has 1 nitrogen and oxygen atoms in total. The molecule has 0 aliphatic carbocycles. The predicted molar refractivity (Wildman–Crippen MR) is 72.6 cm³/mol. The Kier molecular flexibility index (Phi) is 6.59. The zero-order chi connectivity index (χ0) is 11.6. The fourth-order valence-electron chi connectivity index (χ4n) is 1.67. The van der Waals surface area contributed by atoms with Crippen molar-refractivity contribution in [1.82, 2.24) is 5.32 Å². The van der Waals surface area contributed by atoms with Crippen molar-refractivity contribution in [1.29, 1.82) is 0 Å². The maximum absolute atomic E-state index is 3.31. The van der Waals surface area contributed by atoms with E-state index in [9.17, 15) is 0 Å². The van der Waals surface area contributed by atoms with Gasteiger partial charge in [-0.15, -0.1) is 0 Å². The van der Waals surface area contributed by atoms with Crippen LogP contribution in [0.1, 0.15) is 37.8 Å². The number of aryl methyl sites for hydroxylation is 1. The molecule has 88 valence electrons. The average Bonchev–Trinajstić information content (AvgIpc) is 2.31. The van der Waals surface area contributed by atoms with Crippen molar-refractivity contribution in [2.24, 2.45) is 0 Å². The second kappa shape index (κ2) is 8.12. The Morgan fingerprint density at radius 2 is 1.88 bits per heavy atom. The van der Waals surface area contributed by atoms with E-state index < -0.39 is 0 Å².